The smallest absolute Gasteiger partial charge is 0.161 e. The molecule has 3 nitrogen and oxygen atoms in total. The standard InChI is InChI=1S/C15H15ClN2OS/c1-9(2)19-11-5-3-10(4-6-11)15-17-13-8-20-7-12(13)14(16)18-15/h3-6,9H,7-8H2,1-2H3. The van der Waals surface area contributed by atoms with Crippen molar-refractivity contribution in [1.82, 2.24) is 9.97 Å². The molecule has 1 aromatic carbocycles. The monoisotopic (exact) mass is 306 g/mol. The van der Waals surface area contributed by atoms with Crippen molar-refractivity contribution in [2.75, 3.05) is 0 Å². The molecule has 1 aliphatic heterocycles. The molecular formula is C15H15ClN2OS. The Morgan fingerprint density at radius 1 is 1.15 bits per heavy atom. The third-order valence-electron chi connectivity index (χ3n) is 3.01. The van der Waals surface area contributed by atoms with Gasteiger partial charge in [-0.2, -0.15) is 11.8 Å². The quantitative estimate of drug-likeness (QED) is 0.791. The Kier molecular flexibility index (Phi) is 3.85. The lowest BCUT2D eigenvalue weighted by Gasteiger charge is -2.10. The van der Waals surface area contributed by atoms with Gasteiger partial charge in [0.1, 0.15) is 10.9 Å². The molecule has 0 saturated carbocycles. The van der Waals surface area contributed by atoms with Gasteiger partial charge in [0.05, 0.1) is 11.8 Å². The van der Waals surface area contributed by atoms with Crippen molar-refractivity contribution >= 4 is 23.4 Å². The highest BCUT2D eigenvalue weighted by atomic mass is 35.5. The number of thioether (sulfide) groups is 1. The van der Waals surface area contributed by atoms with E-state index in [0.29, 0.717) is 11.0 Å². The van der Waals surface area contributed by atoms with Crippen molar-refractivity contribution < 1.29 is 4.74 Å². The molecule has 0 saturated heterocycles. The van der Waals surface area contributed by atoms with Gasteiger partial charge in [0.25, 0.3) is 0 Å². The minimum Gasteiger partial charge on any atom is -0.491 e. The fourth-order valence-corrected chi connectivity index (χ4v) is 3.47. The summed E-state index contributed by atoms with van der Waals surface area (Å²) < 4.78 is 5.63. The average Bonchev–Trinajstić information content (AvgIpc) is 2.87. The largest absolute Gasteiger partial charge is 0.491 e. The van der Waals surface area contributed by atoms with Crippen molar-refractivity contribution in [2.45, 2.75) is 31.5 Å². The van der Waals surface area contributed by atoms with E-state index in [4.69, 9.17) is 16.3 Å². The van der Waals surface area contributed by atoms with Crippen LogP contribution in [0.15, 0.2) is 24.3 Å². The molecular weight excluding hydrogens is 292 g/mol. The fourth-order valence-electron chi connectivity index (χ4n) is 2.10. The second-order valence-electron chi connectivity index (χ2n) is 4.95. The maximum Gasteiger partial charge on any atom is 0.161 e. The molecule has 2 heterocycles. The van der Waals surface area contributed by atoms with Gasteiger partial charge < -0.3 is 4.74 Å². The summed E-state index contributed by atoms with van der Waals surface area (Å²) in [5.74, 6) is 3.37. The van der Waals surface area contributed by atoms with Gasteiger partial charge in [-0.3, -0.25) is 0 Å². The van der Waals surface area contributed by atoms with E-state index in [2.05, 4.69) is 9.97 Å². The second-order valence-corrected chi connectivity index (χ2v) is 6.29. The zero-order chi connectivity index (χ0) is 14.1. The summed E-state index contributed by atoms with van der Waals surface area (Å²) in [6.45, 7) is 4.02. The Balaban J connectivity index is 1.91. The van der Waals surface area contributed by atoms with Crippen LogP contribution in [0.5, 0.6) is 5.75 Å². The van der Waals surface area contributed by atoms with Crippen LogP contribution in [0.2, 0.25) is 5.15 Å². The molecule has 0 amide bonds. The maximum absolute atomic E-state index is 6.24. The highest BCUT2D eigenvalue weighted by Gasteiger charge is 2.19. The van der Waals surface area contributed by atoms with Gasteiger partial charge in [-0.05, 0) is 38.1 Å². The summed E-state index contributed by atoms with van der Waals surface area (Å²) in [6, 6.07) is 7.82. The minimum absolute atomic E-state index is 0.170. The Labute approximate surface area is 127 Å². The van der Waals surface area contributed by atoms with Crippen LogP contribution in [0.25, 0.3) is 11.4 Å². The van der Waals surface area contributed by atoms with Gasteiger partial charge in [0.15, 0.2) is 5.82 Å². The molecule has 104 valence electrons. The Hall–Kier alpha value is -1.26. The van der Waals surface area contributed by atoms with Crippen LogP contribution in [0, 0.1) is 0 Å². The normalized spacial score (nSPS) is 13.6. The first-order valence-corrected chi connectivity index (χ1v) is 8.07. The first kappa shape index (κ1) is 13.7. The second kappa shape index (κ2) is 5.62. The number of rotatable bonds is 3. The number of hydrogen-bond acceptors (Lipinski definition) is 4. The van der Waals surface area contributed by atoms with Crippen LogP contribution in [-0.2, 0) is 11.5 Å². The molecule has 0 atom stereocenters. The van der Waals surface area contributed by atoms with Crippen molar-refractivity contribution in [3.05, 3.63) is 40.7 Å². The SMILES string of the molecule is CC(C)Oc1ccc(-c2nc(Cl)c3c(n2)CSC3)cc1. The number of fused-ring (bicyclic) bond motifs is 1. The predicted octanol–water partition coefficient (Wildman–Crippen LogP) is 4.33. The van der Waals surface area contributed by atoms with Gasteiger partial charge in [-0.25, -0.2) is 9.97 Å². The van der Waals surface area contributed by atoms with E-state index in [1.54, 1.807) is 0 Å². The molecule has 0 bridgehead atoms. The number of nitrogens with zero attached hydrogens (tertiary/aromatic N) is 2. The predicted molar refractivity (Wildman–Crippen MR) is 83.2 cm³/mol. The topological polar surface area (TPSA) is 35.0 Å². The molecule has 0 N–H and O–H groups in total. The van der Waals surface area contributed by atoms with Gasteiger partial charge in [-0.15, -0.1) is 0 Å². The van der Waals surface area contributed by atoms with E-state index >= 15 is 0 Å². The van der Waals surface area contributed by atoms with E-state index in [9.17, 15) is 0 Å². The molecule has 1 aliphatic rings. The van der Waals surface area contributed by atoms with Gasteiger partial charge in [-0.1, -0.05) is 11.6 Å². The summed E-state index contributed by atoms with van der Waals surface area (Å²) in [4.78, 5) is 9.02. The lowest BCUT2D eigenvalue weighted by molar-refractivity contribution is 0.242. The van der Waals surface area contributed by atoms with Crippen LogP contribution in [0.1, 0.15) is 25.1 Å². The third kappa shape index (κ3) is 2.76. The number of ether oxygens (including phenoxy) is 1. The van der Waals surface area contributed by atoms with E-state index < -0.39 is 0 Å². The number of halogens is 1. The molecule has 0 unspecified atom stereocenters. The summed E-state index contributed by atoms with van der Waals surface area (Å²) in [7, 11) is 0. The van der Waals surface area contributed by atoms with Gasteiger partial charge in [0, 0.05) is 22.6 Å². The fraction of sp³-hybridized carbons (Fsp3) is 0.333. The number of benzene rings is 1. The van der Waals surface area contributed by atoms with Crippen molar-refractivity contribution in [1.29, 1.82) is 0 Å². The molecule has 1 aromatic heterocycles. The zero-order valence-corrected chi connectivity index (χ0v) is 13.0. The van der Waals surface area contributed by atoms with Crippen LogP contribution in [-0.4, -0.2) is 16.1 Å². The summed E-state index contributed by atoms with van der Waals surface area (Å²) in [5, 5.41) is 0.581. The van der Waals surface area contributed by atoms with Crippen LogP contribution >= 0.6 is 23.4 Å². The average molecular weight is 307 g/mol. The molecule has 0 radical (unpaired) electrons. The van der Waals surface area contributed by atoms with E-state index in [0.717, 1.165) is 34.1 Å². The highest BCUT2D eigenvalue weighted by molar-refractivity contribution is 7.98. The Morgan fingerprint density at radius 3 is 2.60 bits per heavy atom. The highest BCUT2D eigenvalue weighted by Crippen LogP contribution is 2.34. The third-order valence-corrected chi connectivity index (χ3v) is 4.29. The molecule has 0 spiro atoms. The summed E-state index contributed by atoms with van der Waals surface area (Å²) in [5.41, 5.74) is 3.11. The number of hydrogen-bond donors (Lipinski definition) is 0. The Bertz CT molecular complexity index is 629. The van der Waals surface area contributed by atoms with Crippen molar-refractivity contribution in [2.24, 2.45) is 0 Å². The van der Waals surface area contributed by atoms with Gasteiger partial charge in [0.2, 0.25) is 0 Å². The van der Waals surface area contributed by atoms with Crippen LogP contribution in [0.3, 0.4) is 0 Å². The summed E-state index contributed by atoms with van der Waals surface area (Å²) in [6.07, 6.45) is 0.170. The molecule has 20 heavy (non-hydrogen) atoms. The lowest BCUT2D eigenvalue weighted by atomic mass is 10.2. The molecule has 2 aromatic rings. The molecule has 0 aliphatic carbocycles. The molecule has 0 fully saturated rings. The van der Waals surface area contributed by atoms with E-state index in [1.165, 1.54) is 0 Å². The first-order valence-electron chi connectivity index (χ1n) is 6.53. The van der Waals surface area contributed by atoms with E-state index in [1.807, 2.05) is 49.9 Å². The van der Waals surface area contributed by atoms with Crippen LogP contribution < -0.4 is 4.74 Å². The molecule has 5 heteroatoms. The maximum atomic E-state index is 6.24. The van der Waals surface area contributed by atoms with Crippen molar-refractivity contribution in [3.8, 4) is 17.1 Å². The van der Waals surface area contributed by atoms with Crippen molar-refractivity contribution in [3.63, 3.8) is 0 Å². The lowest BCUT2D eigenvalue weighted by Crippen LogP contribution is -2.05. The summed E-state index contributed by atoms with van der Waals surface area (Å²) >= 11 is 8.06. The zero-order valence-electron chi connectivity index (χ0n) is 11.4. The molecule has 3 rings (SSSR count). The Morgan fingerprint density at radius 2 is 1.90 bits per heavy atom. The van der Waals surface area contributed by atoms with Gasteiger partial charge >= 0.3 is 0 Å². The first-order chi connectivity index (χ1) is 9.63. The minimum atomic E-state index is 0.170. The van der Waals surface area contributed by atoms with Crippen LogP contribution in [0.4, 0.5) is 0 Å². The number of aromatic nitrogens is 2. The van der Waals surface area contributed by atoms with E-state index in [-0.39, 0.29) is 6.10 Å².